The summed E-state index contributed by atoms with van der Waals surface area (Å²) in [6.45, 7) is 6.00. The average molecular weight is 411 g/mol. The molecule has 0 bridgehead atoms. The molecule has 6 heteroatoms. The number of carbonyl (C=O) groups is 2. The molecule has 1 amide bonds. The lowest BCUT2D eigenvalue weighted by molar-refractivity contribution is -0.118. The summed E-state index contributed by atoms with van der Waals surface area (Å²) in [4.78, 5) is 27.3. The fourth-order valence-corrected chi connectivity index (χ4v) is 5.07. The number of rotatable bonds is 3. The summed E-state index contributed by atoms with van der Waals surface area (Å²) in [6.07, 6.45) is 1.19. The number of allylic oxidation sites excluding steroid dienone is 3. The van der Waals surface area contributed by atoms with Crippen LogP contribution in [0.4, 0.5) is 10.1 Å². The summed E-state index contributed by atoms with van der Waals surface area (Å²) >= 11 is 1.52. The number of ketones is 1. The van der Waals surface area contributed by atoms with Crippen molar-refractivity contribution in [3.05, 3.63) is 75.0 Å². The van der Waals surface area contributed by atoms with Gasteiger partial charge in [-0.1, -0.05) is 32.0 Å². The molecule has 0 fully saturated rings. The lowest BCUT2D eigenvalue weighted by Gasteiger charge is -2.39. The number of benzene rings is 1. The Morgan fingerprint density at radius 2 is 1.97 bits per heavy atom. The van der Waals surface area contributed by atoms with Gasteiger partial charge in [-0.3, -0.25) is 9.59 Å². The van der Waals surface area contributed by atoms with E-state index in [9.17, 15) is 14.0 Å². The minimum absolute atomic E-state index is 0.0610. The molecule has 1 aliphatic heterocycles. The van der Waals surface area contributed by atoms with Gasteiger partial charge < -0.3 is 10.6 Å². The number of para-hydroxylation sites is 1. The quantitative estimate of drug-likeness (QED) is 0.738. The molecule has 2 N–H and O–H groups in total. The Labute approximate surface area is 173 Å². The van der Waals surface area contributed by atoms with Gasteiger partial charge in [0.05, 0.1) is 11.6 Å². The van der Waals surface area contributed by atoms with Crippen LogP contribution in [-0.2, 0) is 9.59 Å². The molecular weight excluding hydrogens is 387 g/mol. The van der Waals surface area contributed by atoms with Gasteiger partial charge in [0.25, 0.3) is 5.91 Å². The number of hydrogen-bond donors (Lipinski definition) is 2. The summed E-state index contributed by atoms with van der Waals surface area (Å²) in [7, 11) is 0. The molecule has 1 aromatic heterocycles. The van der Waals surface area contributed by atoms with E-state index >= 15 is 0 Å². The lowest BCUT2D eigenvalue weighted by atomic mass is 9.69. The fraction of sp³-hybridized carbons (Fsp3) is 0.304. The number of nitrogens with one attached hydrogen (secondary N) is 2. The first-order valence-corrected chi connectivity index (χ1v) is 10.5. The normalized spacial score (nSPS) is 21.0. The number of hydrogen-bond acceptors (Lipinski definition) is 4. The molecule has 0 spiro atoms. The third-order valence-electron chi connectivity index (χ3n) is 5.43. The van der Waals surface area contributed by atoms with Crippen molar-refractivity contribution in [3.63, 3.8) is 0 Å². The van der Waals surface area contributed by atoms with E-state index in [1.807, 2.05) is 24.4 Å². The van der Waals surface area contributed by atoms with Crippen molar-refractivity contribution in [3.8, 4) is 0 Å². The van der Waals surface area contributed by atoms with Crippen LogP contribution < -0.4 is 10.6 Å². The molecule has 0 radical (unpaired) electrons. The maximum absolute atomic E-state index is 14.1. The van der Waals surface area contributed by atoms with E-state index in [1.54, 1.807) is 12.1 Å². The van der Waals surface area contributed by atoms with Crippen LogP contribution in [0.15, 0.2) is 64.3 Å². The highest BCUT2D eigenvalue weighted by atomic mass is 32.1. The van der Waals surface area contributed by atoms with Crippen molar-refractivity contribution in [2.24, 2.45) is 5.41 Å². The second-order valence-electron chi connectivity index (χ2n) is 8.38. The van der Waals surface area contributed by atoms with Gasteiger partial charge in [0, 0.05) is 33.8 Å². The maximum atomic E-state index is 14.1. The van der Waals surface area contributed by atoms with E-state index < -0.39 is 17.6 Å². The highest BCUT2D eigenvalue weighted by molar-refractivity contribution is 7.10. The molecule has 1 aliphatic carbocycles. The van der Waals surface area contributed by atoms with Crippen molar-refractivity contribution in [2.45, 2.75) is 39.5 Å². The second kappa shape index (κ2) is 7.26. The highest BCUT2D eigenvalue weighted by Gasteiger charge is 2.43. The minimum atomic E-state index is -0.494. The van der Waals surface area contributed by atoms with Crippen LogP contribution in [0.5, 0.6) is 0 Å². The predicted octanol–water partition coefficient (Wildman–Crippen LogP) is 5.13. The Morgan fingerprint density at radius 3 is 2.66 bits per heavy atom. The second-order valence-corrected chi connectivity index (χ2v) is 9.36. The van der Waals surface area contributed by atoms with Crippen LogP contribution in [0.2, 0.25) is 0 Å². The molecule has 29 heavy (non-hydrogen) atoms. The van der Waals surface area contributed by atoms with Crippen molar-refractivity contribution >= 4 is 28.7 Å². The Bertz CT molecular complexity index is 1050. The molecule has 0 saturated heterocycles. The third-order valence-corrected chi connectivity index (χ3v) is 6.37. The van der Waals surface area contributed by atoms with Gasteiger partial charge in [-0.05, 0) is 42.3 Å². The van der Waals surface area contributed by atoms with Crippen LogP contribution in [0.1, 0.15) is 44.4 Å². The van der Waals surface area contributed by atoms with Gasteiger partial charge in [-0.2, -0.15) is 0 Å². The van der Waals surface area contributed by atoms with E-state index in [1.165, 1.54) is 23.5 Å². The topological polar surface area (TPSA) is 58.2 Å². The molecule has 150 valence electrons. The molecule has 1 atom stereocenters. The summed E-state index contributed by atoms with van der Waals surface area (Å²) in [6, 6.07) is 9.94. The summed E-state index contributed by atoms with van der Waals surface area (Å²) in [5.41, 5.74) is 2.71. The van der Waals surface area contributed by atoms with Gasteiger partial charge in [0.2, 0.25) is 0 Å². The third kappa shape index (κ3) is 3.65. The smallest absolute Gasteiger partial charge is 0.254 e. The monoisotopic (exact) mass is 410 g/mol. The molecule has 0 saturated carbocycles. The standard InChI is InChI=1S/C23H23FN2O2S/c1-13-19(22(28)26-15-8-5-4-7-14(15)24)21(18-9-6-10-29-18)20-16(25-13)11-23(2,3)12-17(20)27/h4-10,21,25H,11-12H2,1-3H3,(H,26,28). The number of amides is 1. The molecule has 2 heterocycles. The molecule has 1 unspecified atom stereocenters. The van der Waals surface area contributed by atoms with E-state index in [2.05, 4.69) is 24.5 Å². The van der Waals surface area contributed by atoms with Crippen molar-refractivity contribution < 1.29 is 14.0 Å². The van der Waals surface area contributed by atoms with Gasteiger partial charge in [0.1, 0.15) is 5.82 Å². The average Bonchev–Trinajstić information content (AvgIpc) is 3.15. The lowest BCUT2D eigenvalue weighted by Crippen LogP contribution is -2.39. The van der Waals surface area contributed by atoms with Crippen molar-refractivity contribution in [2.75, 3.05) is 5.32 Å². The summed E-state index contributed by atoms with van der Waals surface area (Å²) in [5, 5.41) is 7.94. The van der Waals surface area contributed by atoms with E-state index in [0.29, 0.717) is 23.3 Å². The largest absolute Gasteiger partial charge is 0.362 e. The predicted molar refractivity (Wildman–Crippen MR) is 113 cm³/mol. The van der Waals surface area contributed by atoms with Gasteiger partial charge in [-0.25, -0.2) is 4.39 Å². The number of halogens is 1. The molecule has 4 rings (SSSR count). The Kier molecular flexibility index (Phi) is 4.90. The van der Waals surface area contributed by atoms with Gasteiger partial charge in [0.15, 0.2) is 5.78 Å². The zero-order valence-electron chi connectivity index (χ0n) is 16.6. The first-order valence-electron chi connectivity index (χ1n) is 9.60. The van der Waals surface area contributed by atoms with Crippen LogP contribution in [0, 0.1) is 11.2 Å². The van der Waals surface area contributed by atoms with Crippen molar-refractivity contribution in [1.82, 2.24) is 5.32 Å². The first-order chi connectivity index (χ1) is 13.8. The number of Topliss-reactive ketones (excluding diaryl/α,β-unsaturated/α-hetero) is 1. The van der Waals surface area contributed by atoms with Crippen LogP contribution in [0.25, 0.3) is 0 Å². The van der Waals surface area contributed by atoms with Gasteiger partial charge in [-0.15, -0.1) is 11.3 Å². The van der Waals surface area contributed by atoms with Crippen LogP contribution in [-0.4, -0.2) is 11.7 Å². The summed E-state index contributed by atoms with van der Waals surface area (Å²) in [5.74, 6) is -1.28. The minimum Gasteiger partial charge on any atom is -0.362 e. The Morgan fingerprint density at radius 1 is 1.21 bits per heavy atom. The molecule has 2 aliphatic rings. The first kappa shape index (κ1) is 19.6. The SMILES string of the molecule is CC1=C(C(=O)Nc2ccccc2F)C(c2cccs2)C2=C(CC(C)(C)CC2=O)N1. The zero-order chi connectivity index (χ0) is 20.8. The number of carbonyl (C=O) groups excluding carboxylic acids is 2. The number of dihydropyridines is 1. The van der Waals surface area contributed by atoms with E-state index in [0.717, 1.165) is 17.0 Å². The van der Waals surface area contributed by atoms with Gasteiger partial charge >= 0.3 is 0 Å². The summed E-state index contributed by atoms with van der Waals surface area (Å²) < 4.78 is 14.1. The fourth-order valence-electron chi connectivity index (χ4n) is 4.23. The van der Waals surface area contributed by atoms with E-state index in [4.69, 9.17) is 0 Å². The van der Waals surface area contributed by atoms with E-state index in [-0.39, 0.29) is 16.9 Å². The van der Waals surface area contributed by atoms with Crippen LogP contribution in [0.3, 0.4) is 0 Å². The molecule has 1 aromatic carbocycles. The highest BCUT2D eigenvalue weighted by Crippen LogP contribution is 2.47. The molecular formula is C23H23FN2O2S. The zero-order valence-corrected chi connectivity index (χ0v) is 17.5. The van der Waals surface area contributed by atoms with Crippen molar-refractivity contribution in [1.29, 1.82) is 0 Å². The maximum Gasteiger partial charge on any atom is 0.254 e. The number of anilines is 1. The molecule has 2 aromatic rings. The number of thiophene rings is 1. The Balaban J connectivity index is 1.78. The Hall–Kier alpha value is -2.73. The van der Waals surface area contributed by atoms with Crippen LogP contribution >= 0.6 is 11.3 Å². The molecule has 4 nitrogen and oxygen atoms in total.